The topological polar surface area (TPSA) is 71.0 Å². The maximum Gasteiger partial charge on any atom is 0.0819 e. The van der Waals surface area contributed by atoms with Gasteiger partial charge in [0.05, 0.1) is 12.2 Å². The normalized spacial score (nSPS) is 29.0. The molecule has 2 fully saturated rings. The van der Waals surface area contributed by atoms with Crippen LogP contribution < -0.4 is 10.6 Å². The number of hydrogen-bond acceptors (Lipinski definition) is 6. The van der Waals surface area contributed by atoms with Crippen molar-refractivity contribution in [3.05, 3.63) is 0 Å². The van der Waals surface area contributed by atoms with Crippen LogP contribution in [0.25, 0.3) is 0 Å². The molecule has 0 amide bonds. The van der Waals surface area contributed by atoms with Crippen molar-refractivity contribution in [3.63, 3.8) is 0 Å². The van der Waals surface area contributed by atoms with Crippen molar-refractivity contribution in [1.82, 2.24) is 20.4 Å². The van der Waals surface area contributed by atoms with Crippen LogP contribution in [0.1, 0.15) is 12.8 Å². The van der Waals surface area contributed by atoms with Crippen LogP contribution in [0.5, 0.6) is 0 Å². The molecule has 0 aromatic heterocycles. The second-order valence-corrected chi connectivity index (χ2v) is 6.18. The SMILES string of the molecule is CN(C)[C@@H]1CCNC[C@H]1O.CN(C)[C@H]1CCNC[C@@H]1O.Cl.Cl.Cl.Cl. The third-order valence-corrected chi connectivity index (χ3v) is 4.16. The number of β-amino-alcohol motifs (C(OH)–C–C–N with tert-alkyl or cyclic N) is 2. The van der Waals surface area contributed by atoms with Gasteiger partial charge in [0.2, 0.25) is 0 Å². The minimum atomic E-state index is -0.191. The lowest BCUT2D eigenvalue weighted by molar-refractivity contribution is 0.0537. The van der Waals surface area contributed by atoms with Gasteiger partial charge in [0.25, 0.3) is 0 Å². The van der Waals surface area contributed by atoms with Gasteiger partial charge in [0.1, 0.15) is 0 Å². The van der Waals surface area contributed by atoms with E-state index in [1.54, 1.807) is 0 Å². The Morgan fingerprint density at radius 1 is 0.667 bits per heavy atom. The Balaban J connectivity index is -0.000000143. The average Bonchev–Trinajstić information content (AvgIpc) is 2.40. The second-order valence-electron chi connectivity index (χ2n) is 6.18. The van der Waals surface area contributed by atoms with E-state index in [1.807, 2.05) is 28.2 Å². The van der Waals surface area contributed by atoms with Gasteiger partial charge in [-0.15, -0.1) is 49.6 Å². The predicted octanol–water partition coefficient (Wildman–Crippen LogP) is 0.229. The van der Waals surface area contributed by atoms with E-state index in [-0.39, 0.29) is 61.8 Å². The van der Waals surface area contributed by atoms with Crippen molar-refractivity contribution in [2.24, 2.45) is 0 Å². The van der Waals surface area contributed by atoms with Crippen LogP contribution in [0.2, 0.25) is 0 Å². The van der Waals surface area contributed by atoms with Crippen molar-refractivity contribution in [1.29, 1.82) is 0 Å². The fourth-order valence-electron chi connectivity index (χ4n) is 2.86. The lowest BCUT2D eigenvalue weighted by Gasteiger charge is -2.33. The number of nitrogens with one attached hydrogen (secondary N) is 2. The van der Waals surface area contributed by atoms with E-state index in [2.05, 4.69) is 20.4 Å². The second kappa shape index (κ2) is 17.3. The summed E-state index contributed by atoms with van der Waals surface area (Å²) in [5.41, 5.74) is 0. The smallest absolute Gasteiger partial charge is 0.0819 e. The Morgan fingerprint density at radius 2 is 0.958 bits per heavy atom. The number of aliphatic hydroxyl groups is 2. The molecule has 2 aliphatic rings. The molecule has 0 saturated carbocycles. The lowest BCUT2D eigenvalue weighted by atomic mass is 10.0. The number of piperidine rings is 2. The summed E-state index contributed by atoms with van der Waals surface area (Å²) in [6.45, 7) is 3.53. The monoisotopic (exact) mass is 432 g/mol. The maximum absolute atomic E-state index is 9.44. The molecule has 152 valence electrons. The first-order valence-corrected chi connectivity index (χ1v) is 7.54. The highest BCUT2D eigenvalue weighted by atomic mass is 35.5. The first-order chi connectivity index (χ1) is 9.43. The van der Waals surface area contributed by atoms with Gasteiger partial charge >= 0.3 is 0 Å². The molecule has 0 unspecified atom stereocenters. The Labute approximate surface area is 171 Å². The van der Waals surface area contributed by atoms with Gasteiger partial charge in [-0.1, -0.05) is 0 Å². The van der Waals surface area contributed by atoms with Crippen molar-refractivity contribution < 1.29 is 10.2 Å². The van der Waals surface area contributed by atoms with Gasteiger partial charge in [0, 0.05) is 25.2 Å². The number of hydrogen-bond donors (Lipinski definition) is 4. The van der Waals surface area contributed by atoms with E-state index < -0.39 is 0 Å². The first-order valence-electron chi connectivity index (χ1n) is 7.54. The minimum absolute atomic E-state index is 0. The van der Waals surface area contributed by atoms with Crippen molar-refractivity contribution in [2.45, 2.75) is 37.1 Å². The predicted molar refractivity (Wildman–Crippen MR) is 111 cm³/mol. The molecule has 10 heteroatoms. The van der Waals surface area contributed by atoms with Crippen LogP contribution in [0.15, 0.2) is 0 Å². The third-order valence-electron chi connectivity index (χ3n) is 4.16. The van der Waals surface area contributed by atoms with Crippen LogP contribution in [0.4, 0.5) is 0 Å². The van der Waals surface area contributed by atoms with E-state index in [0.717, 1.165) is 39.0 Å². The quantitative estimate of drug-likeness (QED) is 0.499. The molecule has 0 aromatic carbocycles. The van der Waals surface area contributed by atoms with Gasteiger partial charge < -0.3 is 30.6 Å². The minimum Gasteiger partial charge on any atom is -0.390 e. The molecule has 24 heavy (non-hydrogen) atoms. The number of nitrogens with zero attached hydrogens (tertiary/aromatic N) is 2. The summed E-state index contributed by atoms with van der Waals surface area (Å²) in [5.74, 6) is 0. The summed E-state index contributed by atoms with van der Waals surface area (Å²) in [7, 11) is 8.05. The van der Waals surface area contributed by atoms with Gasteiger partial charge in [-0.3, -0.25) is 0 Å². The standard InChI is InChI=1S/2C7H16N2O.4ClH/c2*1-9(2)6-3-4-8-5-7(6)10;;;;/h2*6-8,10H,3-5H2,1-2H3;4*1H/t2*6-,7-;;;;/m10..../s1. The van der Waals surface area contributed by atoms with Crippen LogP contribution >= 0.6 is 49.6 Å². The number of likely N-dealkylation sites (N-methyl/N-ethyl adjacent to an activating group) is 2. The zero-order chi connectivity index (χ0) is 15.1. The summed E-state index contributed by atoms with van der Waals surface area (Å²) in [4.78, 5) is 4.18. The highest BCUT2D eigenvalue weighted by Crippen LogP contribution is 2.08. The van der Waals surface area contributed by atoms with E-state index in [1.165, 1.54) is 0 Å². The van der Waals surface area contributed by atoms with Crippen molar-refractivity contribution in [2.75, 3.05) is 54.4 Å². The van der Waals surface area contributed by atoms with E-state index in [9.17, 15) is 10.2 Å². The van der Waals surface area contributed by atoms with Gasteiger partial charge in [-0.25, -0.2) is 0 Å². The highest BCUT2D eigenvalue weighted by Gasteiger charge is 2.24. The molecule has 2 heterocycles. The Hall–Kier alpha value is 0.920. The third kappa shape index (κ3) is 11.5. The number of halogens is 4. The van der Waals surface area contributed by atoms with Crippen LogP contribution in [0.3, 0.4) is 0 Å². The van der Waals surface area contributed by atoms with E-state index in [0.29, 0.717) is 12.1 Å². The summed E-state index contributed by atoms with van der Waals surface area (Å²) in [6, 6.07) is 0.697. The molecule has 0 bridgehead atoms. The average molecular weight is 434 g/mol. The Morgan fingerprint density at radius 3 is 1.12 bits per heavy atom. The molecule has 0 aromatic rings. The molecule has 0 spiro atoms. The zero-order valence-corrected chi connectivity index (χ0v) is 18.2. The number of aliphatic hydroxyl groups excluding tert-OH is 2. The molecule has 6 nitrogen and oxygen atoms in total. The fraction of sp³-hybridized carbons (Fsp3) is 1.00. The molecule has 2 saturated heterocycles. The summed E-state index contributed by atoms with van der Waals surface area (Å²) >= 11 is 0. The van der Waals surface area contributed by atoms with Gasteiger partial charge in [-0.2, -0.15) is 0 Å². The zero-order valence-electron chi connectivity index (χ0n) is 15.0. The molecule has 2 aliphatic heterocycles. The first kappa shape index (κ1) is 32.6. The molecular weight excluding hydrogens is 398 g/mol. The maximum atomic E-state index is 9.44. The Bertz CT molecular complexity index is 253. The summed E-state index contributed by atoms with van der Waals surface area (Å²) in [5, 5.41) is 25.2. The van der Waals surface area contributed by atoms with Crippen LogP contribution in [-0.2, 0) is 0 Å². The van der Waals surface area contributed by atoms with Gasteiger partial charge in [-0.05, 0) is 54.1 Å². The molecule has 2 rings (SSSR count). The Kier molecular flexibility index (Phi) is 23.5. The fourth-order valence-corrected chi connectivity index (χ4v) is 2.86. The molecular formula is C14H36Cl4N4O2. The molecule has 4 atom stereocenters. The number of rotatable bonds is 2. The van der Waals surface area contributed by atoms with Crippen molar-refractivity contribution in [3.8, 4) is 0 Å². The highest BCUT2D eigenvalue weighted by molar-refractivity contribution is 5.86. The van der Waals surface area contributed by atoms with Crippen LogP contribution in [-0.4, -0.2) is 98.7 Å². The van der Waals surface area contributed by atoms with Crippen molar-refractivity contribution >= 4 is 49.6 Å². The lowest BCUT2D eigenvalue weighted by Crippen LogP contribution is -2.50. The van der Waals surface area contributed by atoms with E-state index in [4.69, 9.17) is 0 Å². The largest absolute Gasteiger partial charge is 0.390 e. The van der Waals surface area contributed by atoms with Gasteiger partial charge in [0.15, 0.2) is 0 Å². The molecule has 4 N–H and O–H groups in total. The molecule has 0 aliphatic carbocycles. The molecule has 0 radical (unpaired) electrons. The van der Waals surface area contributed by atoms with Crippen LogP contribution in [0, 0.1) is 0 Å². The summed E-state index contributed by atoms with van der Waals surface area (Å²) < 4.78 is 0. The van der Waals surface area contributed by atoms with E-state index >= 15 is 0 Å². The summed E-state index contributed by atoms with van der Waals surface area (Å²) in [6.07, 6.45) is 1.72.